The van der Waals surface area contributed by atoms with Gasteiger partial charge in [0.05, 0.1) is 28.9 Å². The third kappa shape index (κ3) is 5.04. The highest BCUT2D eigenvalue weighted by atomic mass is 35.5. The van der Waals surface area contributed by atoms with Gasteiger partial charge in [-0.3, -0.25) is 9.69 Å². The van der Waals surface area contributed by atoms with Crippen molar-refractivity contribution in [1.29, 1.82) is 0 Å². The van der Waals surface area contributed by atoms with Crippen LogP contribution in [0, 0.1) is 0 Å². The minimum Gasteiger partial charge on any atom is -0.379 e. The summed E-state index contributed by atoms with van der Waals surface area (Å²) in [5.74, 6) is 0.220. The maximum atomic E-state index is 12.1. The average molecular weight is 396 g/mol. The van der Waals surface area contributed by atoms with Gasteiger partial charge >= 0.3 is 0 Å². The van der Waals surface area contributed by atoms with E-state index in [1.807, 2.05) is 0 Å². The number of hydrogen-bond donors (Lipinski definition) is 2. The fraction of sp³-hybridized carbons (Fsp3) is 0.353. The quantitative estimate of drug-likeness (QED) is 0.782. The van der Waals surface area contributed by atoms with E-state index >= 15 is 0 Å². The van der Waals surface area contributed by atoms with Crippen LogP contribution in [0.25, 0.3) is 0 Å². The lowest BCUT2D eigenvalue weighted by Gasteiger charge is -2.26. The number of benzene rings is 1. The van der Waals surface area contributed by atoms with Crippen LogP contribution >= 0.6 is 23.2 Å². The summed E-state index contributed by atoms with van der Waals surface area (Å²) in [5, 5.41) is 14.7. The Morgan fingerprint density at radius 2 is 1.96 bits per heavy atom. The highest BCUT2D eigenvalue weighted by molar-refractivity contribution is 6.43. The molecule has 3 rings (SSSR count). The summed E-state index contributed by atoms with van der Waals surface area (Å²) in [6.07, 6.45) is 0. The number of aromatic nitrogens is 2. The molecule has 0 radical (unpaired) electrons. The molecular formula is C17H19Cl2N5O2. The Hall–Kier alpha value is -1.93. The summed E-state index contributed by atoms with van der Waals surface area (Å²) >= 11 is 12.1. The molecule has 0 bridgehead atoms. The summed E-state index contributed by atoms with van der Waals surface area (Å²) in [6, 6.07) is 8.53. The first-order chi connectivity index (χ1) is 12.6. The van der Waals surface area contributed by atoms with E-state index in [2.05, 4.69) is 25.7 Å². The van der Waals surface area contributed by atoms with Crippen LogP contribution in [0.4, 0.5) is 11.5 Å². The minimum atomic E-state index is -0.252. The molecule has 1 amide bonds. The van der Waals surface area contributed by atoms with E-state index in [4.69, 9.17) is 27.9 Å². The number of morpholine rings is 1. The van der Waals surface area contributed by atoms with Crippen molar-refractivity contribution in [3.8, 4) is 0 Å². The summed E-state index contributed by atoms with van der Waals surface area (Å²) in [7, 11) is 0. The van der Waals surface area contributed by atoms with Crippen LogP contribution < -0.4 is 10.6 Å². The first-order valence-electron chi connectivity index (χ1n) is 8.26. The molecule has 1 fully saturated rings. The zero-order valence-corrected chi connectivity index (χ0v) is 15.6. The van der Waals surface area contributed by atoms with E-state index in [0.29, 0.717) is 28.1 Å². The van der Waals surface area contributed by atoms with E-state index in [1.165, 1.54) is 0 Å². The second-order valence-electron chi connectivity index (χ2n) is 5.74. The zero-order chi connectivity index (χ0) is 18.4. The Labute approximate surface area is 161 Å². The van der Waals surface area contributed by atoms with E-state index in [1.54, 1.807) is 30.3 Å². The summed E-state index contributed by atoms with van der Waals surface area (Å²) in [6.45, 7) is 4.60. The lowest BCUT2D eigenvalue weighted by atomic mass is 10.3. The molecule has 1 aromatic carbocycles. The predicted octanol–water partition coefficient (Wildman–Crippen LogP) is 2.59. The first kappa shape index (κ1) is 18.8. The van der Waals surface area contributed by atoms with Crippen LogP contribution in [0.5, 0.6) is 0 Å². The lowest BCUT2D eigenvalue weighted by Crippen LogP contribution is -2.41. The third-order valence-electron chi connectivity index (χ3n) is 3.93. The molecule has 0 spiro atoms. The molecule has 0 aliphatic carbocycles. The van der Waals surface area contributed by atoms with Crippen LogP contribution in [-0.2, 0) is 4.74 Å². The van der Waals surface area contributed by atoms with Crippen molar-refractivity contribution >= 4 is 40.6 Å². The molecule has 26 heavy (non-hydrogen) atoms. The van der Waals surface area contributed by atoms with Gasteiger partial charge in [0, 0.05) is 26.2 Å². The number of nitrogens with one attached hydrogen (secondary N) is 2. The van der Waals surface area contributed by atoms with Crippen LogP contribution in [0.3, 0.4) is 0 Å². The van der Waals surface area contributed by atoms with Gasteiger partial charge in [-0.05, 0) is 24.3 Å². The average Bonchev–Trinajstić information content (AvgIpc) is 2.67. The number of carbonyl (C=O) groups excluding carboxylic acids is 1. The van der Waals surface area contributed by atoms with Crippen LogP contribution in [0.2, 0.25) is 10.0 Å². The van der Waals surface area contributed by atoms with Crippen molar-refractivity contribution in [1.82, 2.24) is 20.4 Å². The molecule has 1 aliphatic rings. The molecule has 2 N–H and O–H groups in total. The molecule has 0 saturated carbocycles. The molecule has 2 aromatic rings. The number of halogens is 2. The van der Waals surface area contributed by atoms with Gasteiger partial charge in [-0.1, -0.05) is 29.3 Å². The van der Waals surface area contributed by atoms with Crippen LogP contribution in [-0.4, -0.2) is 60.4 Å². The van der Waals surface area contributed by atoms with Crippen molar-refractivity contribution in [2.75, 3.05) is 44.7 Å². The van der Waals surface area contributed by atoms with Crippen molar-refractivity contribution in [2.24, 2.45) is 0 Å². The number of carbonyl (C=O) groups is 1. The van der Waals surface area contributed by atoms with Crippen LogP contribution in [0.15, 0.2) is 30.3 Å². The van der Waals surface area contributed by atoms with Gasteiger partial charge in [-0.15, -0.1) is 10.2 Å². The monoisotopic (exact) mass is 395 g/mol. The number of rotatable bonds is 6. The summed E-state index contributed by atoms with van der Waals surface area (Å²) < 4.78 is 5.30. The molecular weight excluding hydrogens is 377 g/mol. The first-order valence-corrected chi connectivity index (χ1v) is 9.02. The number of hydrogen-bond acceptors (Lipinski definition) is 6. The summed E-state index contributed by atoms with van der Waals surface area (Å²) in [5.41, 5.74) is 0.880. The maximum absolute atomic E-state index is 12.1. The minimum absolute atomic E-state index is 0.252. The van der Waals surface area contributed by atoms with Crippen molar-refractivity contribution < 1.29 is 9.53 Å². The smallest absolute Gasteiger partial charge is 0.271 e. The Kier molecular flexibility index (Phi) is 6.62. The van der Waals surface area contributed by atoms with E-state index in [9.17, 15) is 4.79 Å². The third-order valence-corrected chi connectivity index (χ3v) is 4.75. The van der Waals surface area contributed by atoms with Crippen LogP contribution in [0.1, 0.15) is 10.5 Å². The molecule has 0 unspecified atom stereocenters. The van der Waals surface area contributed by atoms with Gasteiger partial charge < -0.3 is 15.4 Å². The maximum Gasteiger partial charge on any atom is 0.271 e. The SMILES string of the molecule is O=C(NCCN1CCOCC1)c1ccc(Nc2cccc(Cl)c2Cl)nn1. The van der Waals surface area contributed by atoms with Gasteiger partial charge in [-0.25, -0.2) is 0 Å². The molecule has 9 heteroatoms. The Morgan fingerprint density at radius 1 is 1.15 bits per heavy atom. The number of amides is 1. The van der Waals surface area contributed by atoms with Gasteiger partial charge in [-0.2, -0.15) is 0 Å². The van der Waals surface area contributed by atoms with Crippen molar-refractivity contribution in [3.05, 3.63) is 46.1 Å². The molecule has 1 saturated heterocycles. The predicted molar refractivity (Wildman–Crippen MR) is 101 cm³/mol. The van der Waals surface area contributed by atoms with Gasteiger partial charge in [0.1, 0.15) is 0 Å². The fourth-order valence-corrected chi connectivity index (χ4v) is 2.85. The highest BCUT2D eigenvalue weighted by Crippen LogP contribution is 2.31. The normalized spacial score (nSPS) is 14.8. The zero-order valence-electron chi connectivity index (χ0n) is 14.0. The molecule has 138 valence electrons. The molecule has 1 aromatic heterocycles. The van der Waals surface area contributed by atoms with E-state index < -0.39 is 0 Å². The van der Waals surface area contributed by atoms with Gasteiger partial charge in [0.25, 0.3) is 5.91 Å². The topological polar surface area (TPSA) is 79.4 Å². The standard InChI is InChI=1S/C17H19Cl2N5O2/c18-12-2-1-3-13(16(12)19)21-15-5-4-14(22-23-15)17(25)20-6-7-24-8-10-26-11-9-24/h1-5H,6-11H2,(H,20,25)(H,21,23). The second-order valence-corrected chi connectivity index (χ2v) is 6.53. The fourth-order valence-electron chi connectivity index (χ4n) is 2.50. The van der Waals surface area contributed by atoms with Gasteiger partial charge in [0.2, 0.25) is 0 Å². The number of ether oxygens (including phenoxy) is 1. The number of anilines is 2. The second kappa shape index (κ2) is 9.14. The molecule has 7 nitrogen and oxygen atoms in total. The molecule has 0 atom stereocenters. The van der Waals surface area contributed by atoms with Crippen molar-refractivity contribution in [2.45, 2.75) is 0 Å². The molecule has 1 aliphatic heterocycles. The largest absolute Gasteiger partial charge is 0.379 e. The number of nitrogens with zero attached hydrogens (tertiary/aromatic N) is 3. The molecule has 2 heterocycles. The Balaban J connectivity index is 1.51. The Morgan fingerprint density at radius 3 is 2.69 bits per heavy atom. The van der Waals surface area contributed by atoms with Gasteiger partial charge in [0.15, 0.2) is 11.5 Å². The van der Waals surface area contributed by atoms with E-state index in [-0.39, 0.29) is 11.6 Å². The lowest BCUT2D eigenvalue weighted by molar-refractivity contribution is 0.0383. The Bertz CT molecular complexity index is 751. The van der Waals surface area contributed by atoms with Crippen molar-refractivity contribution in [3.63, 3.8) is 0 Å². The summed E-state index contributed by atoms with van der Waals surface area (Å²) in [4.78, 5) is 14.4. The van der Waals surface area contributed by atoms with E-state index in [0.717, 1.165) is 32.8 Å². The highest BCUT2D eigenvalue weighted by Gasteiger charge is 2.12.